The van der Waals surface area contributed by atoms with E-state index in [9.17, 15) is 9.59 Å². The van der Waals surface area contributed by atoms with Crippen molar-refractivity contribution in [3.63, 3.8) is 0 Å². The lowest BCUT2D eigenvalue weighted by atomic mass is 9.78. The maximum atomic E-state index is 11.9. The fourth-order valence-electron chi connectivity index (χ4n) is 1.80. The van der Waals surface area contributed by atoms with E-state index in [-0.39, 0.29) is 18.5 Å². The predicted molar refractivity (Wildman–Crippen MR) is 67.4 cm³/mol. The standard InChI is InChI=1S/C13H23NO4/c1-6-17-7-10(15)13(5)8-14(9-13)11(16)18-12(2,3)4/h6-9H2,1-5H3. The molecule has 104 valence electrons. The Kier molecular flexibility index (Phi) is 4.37. The van der Waals surface area contributed by atoms with E-state index in [1.54, 1.807) is 4.90 Å². The summed E-state index contributed by atoms with van der Waals surface area (Å²) < 4.78 is 10.3. The number of amides is 1. The number of rotatable bonds is 4. The fourth-order valence-corrected chi connectivity index (χ4v) is 1.80. The maximum Gasteiger partial charge on any atom is 0.410 e. The Labute approximate surface area is 108 Å². The van der Waals surface area contributed by atoms with E-state index in [1.165, 1.54) is 0 Å². The zero-order chi connectivity index (χ0) is 14.0. The van der Waals surface area contributed by atoms with Crippen LogP contribution in [0.5, 0.6) is 0 Å². The summed E-state index contributed by atoms with van der Waals surface area (Å²) in [6.07, 6.45) is -0.357. The summed E-state index contributed by atoms with van der Waals surface area (Å²) >= 11 is 0. The van der Waals surface area contributed by atoms with Crippen LogP contribution in [0, 0.1) is 5.41 Å². The molecule has 1 rings (SSSR count). The van der Waals surface area contributed by atoms with Gasteiger partial charge in [0.15, 0.2) is 5.78 Å². The summed E-state index contributed by atoms with van der Waals surface area (Å²) in [7, 11) is 0. The number of nitrogens with zero attached hydrogens (tertiary/aromatic N) is 1. The first-order valence-corrected chi connectivity index (χ1v) is 6.27. The third kappa shape index (κ3) is 3.70. The Hall–Kier alpha value is -1.10. The van der Waals surface area contributed by atoms with Crippen LogP contribution in [0.3, 0.4) is 0 Å². The Morgan fingerprint density at radius 2 is 1.83 bits per heavy atom. The number of hydrogen-bond donors (Lipinski definition) is 0. The molecule has 0 aromatic rings. The van der Waals surface area contributed by atoms with Gasteiger partial charge in [-0.15, -0.1) is 0 Å². The van der Waals surface area contributed by atoms with E-state index in [0.717, 1.165) is 0 Å². The topological polar surface area (TPSA) is 55.8 Å². The van der Waals surface area contributed by atoms with Crippen LogP contribution in [0.4, 0.5) is 4.79 Å². The number of carbonyl (C=O) groups is 2. The van der Waals surface area contributed by atoms with Gasteiger partial charge < -0.3 is 14.4 Å². The number of likely N-dealkylation sites (tertiary alicyclic amines) is 1. The van der Waals surface area contributed by atoms with Gasteiger partial charge in [0.2, 0.25) is 0 Å². The van der Waals surface area contributed by atoms with Crippen molar-refractivity contribution in [2.45, 2.75) is 40.2 Å². The highest BCUT2D eigenvalue weighted by atomic mass is 16.6. The molecule has 1 fully saturated rings. The molecule has 18 heavy (non-hydrogen) atoms. The van der Waals surface area contributed by atoms with Crippen molar-refractivity contribution in [2.24, 2.45) is 5.41 Å². The minimum absolute atomic E-state index is 0.0455. The minimum atomic E-state index is -0.502. The normalized spacial score (nSPS) is 18.2. The summed E-state index contributed by atoms with van der Waals surface area (Å²) in [5.74, 6) is 0.0455. The number of carbonyl (C=O) groups excluding carboxylic acids is 2. The quantitative estimate of drug-likeness (QED) is 0.771. The lowest BCUT2D eigenvalue weighted by Gasteiger charge is -2.46. The summed E-state index contributed by atoms with van der Waals surface area (Å²) in [5, 5.41) is 0. The number of Topliss-reactive ketones (excluding diaryl/α,β-unsaturated/α-hetero) is 1. The number of ether oxygens (including phenoxy) is 2. The van der Waals surface area contributed by atoms with Gasteiger partial charge in [-0.1, -0.05) is 0 Å². The molecular formula is C13H23NO4. The van der Waals surface area contributed by atoms with Crippen LogP contribution in [0.15, 0.2) is 0 Å². The van der Waals surface area contributed by atoms with Crippen LogP contribution in [0.1, 0.15) is 34.6 Å². The van der Waals surface area contributed by atoms with Crippen LogP contribution in [0.25, 0.3) is 0 Å². The smallest absolute Gasteiger partial charge is 0.410 e. The summed E-state index contributed by atoms with van der Waals surface area (Å²) in [6.45, 7) is 10.6. The molecule has 0 aromatic carbocycles. The molecule has 5 nitrogen and oxygen atoms in total. The molecule has 0 spiro atoms. The molecule has 0 atom stereocenters. The Balaban J connectivity index is 2.42. The highest BCUT2D eigenvalue weighted by molar-refractivity contribution is 5.88. The first-order valence-electron chi connectivity index (χ1n) is 6.27. The van der Waals surface area contributed by atoms with E-state index < -0.39 is 11.0 Å². The molecule has 1 heterocycles. The second-order valence-corrected chi connectivity index (χ2v) is 5.96. The molecule has 0 unspecified atom stereocenters. The molecule has 1 saturated heterocycles. The number of hydrogen-bond acceptors (Lipinski definition) is 4. The fraction of sp³-hybridized carbons (Fsp3) is 0.846. The van der Waals surface area contributed by atoms with Gasteiger partial charge in [0.1, 0.15) is 12.2 Å². The Bertz CT molecular complexity index is 326. The molecule has 0 N–H and O–H groups in total. The van der Waals surface area contributed by atoms with Gasteiger partial charge in [-0.2, -0.15) is 0 Å². The van der Waals surface area contributed by atoms with Crippen molar-refractivity contribution < 1.29 is 19.1 Å². The summed E-state index contributed by atoms with van der Waals surface area (Å²) in [6, 6.07) is 0. The Morgan fingerprint density at radius 3 is 2.28 bits per heavy atom. The van der Waals surface area contributed by atoms with E-state index in [4.69, 9.17) is 9.47 Å². The third-order valence-corrected chi connectivity index (χ3v) is 2.84. The molecule has 1 aliphatic rings. The highest BCUT2D eigenvalue weighted by Crippen LogP contribution is 2.32. The van der Waals surface area contributed by atoms with Crippen LogP contribution < -0.4 is 0 Å². The molecule has 1 amide bonds. The van der Waals surface area contributed by atoms with Crippen LogP contribution >= 0.6 is 0 Å². The van der Waals surface area contributed by atoms with Crippen molar-refractivity contribution in [2.75, 3.05) is 26.3 Å². The van der Waals surface area contributed by atoms with Gasteiger partial charge in [-0.3, -0.25) is 4.79 Å². The van der Waals surface area contributed by atoms with Gasteiger partial charge in [-0.25, -0.2) is 4.79 Å². The van der Waals surface area contributed by atoms with E-state index in [1.807, 2.05) is 34.6 Å². The first-order chi connectivity index (χ1) is 8.18. The van der Waals surface area contributed by atoms with E-state index >= 15 is 0 Å². The Morgan fingerprint density at radius 1 is 1.28 bits per heavy atom. The molecule has 0 bridgehead atoms. The summed E-state index contributed by atoms with van der Waals surface area (Å²) in [5.41, 5.74) is -0.982. The maximum absolute atomic E-state index is 11.9. The van der Waals surface area contributed by atoms with Crippen LogP contribution in [-0.4, -0.2) is 48.7 Å². The number of ketones is 1. The van der Waals surface area contributed by atoms with Crippen molar-refractivity contribution in [1.82, 2.24) is 4.90 Å². The van der Waals surface area contributed by atoms with Gasteiger partial charge >= 0.3 is 6.09 Å². The zero-order valence-corrected chi connectivity index (χ0v) is 11.9. The zero-order valence-electron chi connectivity index (χ0n) is 11.9. The molecule has 1 aliphatic heterocycles. The monoisotopic (exact) mass is 257 g/mol. The lowest BCUT2D eigenvalue weighted by Crippen LogP contribution is -2.62. The van der Waals surface area contributed by atoms with Crippen LogP contribution in [-0.2, 0) is 14.3 Å². The predicted octanol–water partition coefficient (Wildman–Crippen LogP) is 1.85. The second-order valence-electron chi connectivity index (χ2n) is 5.96. The molecular weight excluding hydrogens is 234 g/mol. The molecule has 0 aliphatic carbocycles. The largest absolute Gasteiger partial charge is 0.444 e. The second kappa shape index (κ2) is 5.26. The van der Waals surface area contributed by atoms with E-state index in [2.05, 4.69) is 0 Å². The highest BCUT2D eigenvalue weighted by Gasteiger charge is 2.47. The average molecular weight is 257 g/mol. The lowest BCUT2D eigenvalue weighted by molar-refractivity contribution is -0.141. The average Bonchev–Trinajstić information content (AvgIpc) is 2.18. The summed E-state index contributed by atoms with van der Waals surface area (Å²) in [4.78, 5) is 25.1. The first kappa shape index (κ1) is 15.0. The van der Waals surface area contributed by atoms with Gasteiger partial charge in [0.05, 0.1) is 5.41 Å². The van der Waals surface area contributed by atoms with E-state index in [0.29, 0.717) is 19.7 Å². The third-order valence-electron chi connectivity index (χ3n) is 2.84. The molecule has 5 heteroatoms. The van der Waals surface area contributed by atoms with Gasteiger partial charge in [0, 0.05) is 19.7 Å². The van der Waals surface area contributed by atoms with Gasteiger partial charge in [-0.05, 0) is 34.6 Å². The minimum Gasteiger partial charge on any atom is -0.444 e. The van der Waals surface area contributed by atoms with Crippen molar-refractivity contribution in [1.29, 1.82) is 0 Å². The SMILES string of the molecule is CCOCC(=O)C1(C)CN(C(=O)OC(C)(C)C)C1. The van der Waals surface area contributed by atoms with Crippen molar-refractivity contribution >= 4 is 11.9 Å². The van der Waals surface area contributed by atoms with Crippen molar-refractivity contribution in [3.8, 4) is 0 Å². The van der Waals surface area contributed by atoms with Crippen LogP contribution in [0.2, 0.25) is 0 Å². The van der Waals surface area contributed by atoms with Gasteiger partial charge in [0.25, 0.3) is 0 Å². The molecule has 0 aromatic heterocycles. The van der Waals surface area contributed by atoms with Crippen molar-refractivity contribution in [3.05, 3.63) is 0 Å². The molecule has 0 saturated carbocycles. The molecule has 0 radical (unpaired) electrons.